The minimum absolute atomic E-state index is 0.611. The second-order valence-electron chi connectivity index (χ2n) is 1.29. The molecule has 0 aromatic carbocycles. The summed E-state index contributed by atoms with van der Waals surface area (Å²) in [5.74, 6) is 10.6. The normalized spacial score (nSPS) is 11.6. The van der Waals surface area contributed by atoms with Gasteiger partial charge in [-0.3, -0.25) is 0 Å². The average molecular weight is 102 g/mol. The highest BCUT2D eigenvalue weighted by Crippen LogP contribution is 1.70. The fraction of sp³-hybridized carbons (Fsp3) is 0.667. The van der Waals surface area contributed by atoms with Crippen molar-refractivity contribution in [3.8, 4) is 0 Å². The van der Waals surface area contributed by atoms with E-state index in [4.69, 9.17) is 11.7 Å². The molecule has 0 heterocycles. The molecule has 0 saturated carbocycles. The summed E-state index contributed by atoms with van der Waals surface area (Å²) >= 11 is 0. The van der Waals surface area contributed by atoms with Crippen molar-refractivity contribution >= 4 is 5.84 Å². The van der Waals surface area contributed by atoms with E-state index in [1.54, 1.807) is 14.0 Å². The number of nitrogens with zero attached hydrogens (tertiary/aromatic N) is 2. The van der Waals surface area contributed by atoms with Crippen molar-refractivity contribution in [3.05, 3.63) is 0 Å². The molecule has 0 spiro atoms. The molecular formula is C3H10N4. The summed E-state index contributed by atoms with van der Waals surface area (Å²) in [4.78, 5) is 0. The largest absolute Gasteiger partial charge is 0.322 e. The van der Waals surface area contributed by atoms with Crippen LogP contribution in [0.5, 0.6) is 0 Å². The summed E-state index contributed by atoms with van der Waals surface area (Å²) in [7, 11) is 1.67. The van der Waals surface area contributed by atoms with Crippen molar-refractivity contribution in [2.45, 2.75) is 6.92 Å². The second-order valence-corrected chi connectivity index (χ2v) is 1.29. The van der Waals surface area contributed by atoms with E-state index in [9.17, 15) is 0 Å². The minimum atomic E-state index is 0.611. The van der Waals surface area contributed by atoms with E-state index in [1.165, 1.54) is 5.01 Å². The van der Waals surface area contributed by atoms with E-state index >= 15 is 0 Å². The standard InChI is InChI=1S/C3H10N4/c1-3(6-4)7(2)5/h4-5H2,1-2H3/b6-3-. The molecule has 0 rings (SSSR count). The van der Waals surface area contributed by atoms with Crippen molar-refractivity contribution < 1.29 is 0 Å². The molecule has 0 atom stereocenters. The van der Waals surface area contributed by atoms with Crippen LogP contribution in [-0.4, -0.2) is 17.9 Å². The quantitative estimate of drug-likeness (QED) is 0.180. The molecule has 0 aromatic heterocycles. The van der Waals surface area contributed by atoms with Gasteiger partial charge in [0.1, 0.15) is 5.84 Å². The van der Waals surface area contributed by atoms with E-state index < -0.39 is 0 Å². The zero-order valence-corrected chi connectivity index (χ0v) is 4.55. The summed E-state index contributed by atoms with van der Waals surface area (Å²) in [6.45, 7) is 1.72. The number of hydrogen-bond donors (Lipinski definition) is 2. The zero-order chi connectivity index (χ0) is 5.86. The Kier molecular flexibility index (Phi) is 2.15. The molecule has 0 aliphatic rings. The predicted octanol–water partition coefficient (Wildman–Crippen LogP) is -0.916. The highest BCUT2D eigenvalue weighted by molar-refractivity contribution is 5.78. The number of hydrazone groups is 1. The van der Waals surface area contributed by atoms with Crippen LogP contribution < -0.4 is 11.7 Å². The van der Waals surface area contributed by atoms with Gasteiger partial charge in [-0.25, -0.2) is 5.84 Å². The summed E-state index contributed by atoms with van der Waals surface area (Å²) < 4.78 is 0. The van der Waals surface area contributed by atoms with Crippen LogP contribution in [0.25, 0.3) is 0 Å². The van der Waals surface area contributed by atoms with Crippen LogP contribution in [0.3, 0.4) is 0 Å². The lowest BCUT2D eigenvalue weighted by Crippen LogP contribution is -2.31. The Morgan fingerprint density at radius 3 is 2.14 bits per heavy atom. The maximum Gasteiger partial charge on any atom is 0.135 e. The number of hydrogen-bond acceptors (Lipinski definition) is 3. The van der Waals surface area contributed by atoms with E-state index in [-0.39, 0.29) is 0 Å². The third kappa shape index (κ3) is 1.99. The molecule has 0 bridgehead atoms. The van der Waals surface area contributed by atoms with Gasteiger partial charge in [0.15, 0.2) is 0 Å². The van der Waals surface area contributed by atoms with Gasteiger partial charge in [0, 0.05) is 7.05 Å². The molecule has 0 amide bonds. The lowest BCUT2D eigenvalue weighted by Gasteiger charge is -2.07. The molecule has 0 saturated heterocycles. The third-order valence-electron chi connectivity index (χ3n) is 0.697. The average Bonchev–Trinajstić information content (AvgIpc) is 1.65. The molecule has 0 aliphatic carbocycles. The topological polar surface area (TPSA) is 67.6 Å². The fourth-order valence-electron chi connectivity index (χ4n) is 0.0911. The molecule has 4 nitrogen and oxygen atoms in total. The first kappa shape index (κ1) is 6.23. The monoisotopic (exact) mass is 102 g/mol. The number of rotatable bonds is 0. The molecule has 0 aromatic rings. The Morgan fingerprint density at radius 1 is 1.71 bits per heavy atom. The van der Waals surface area contributed by atoms with E-state index in [0.29, 0.717) is 5.84 Å². The summed E-state index contributed by atoms with van der Waals surface area (Å²) in [5.41, 5.74) is 0. The number of hydrazine groups is 1. The van der Waals surface area contributed by atoms with Gasteiger partial charge in [-0.05, 0) is 6.92 Å². The van der Waals surface area contributed by atoms with E-state index in [0.717, 1.165) is 0 Å². The Labute approximate surface area is 42.7 Å². The summed E-state index contributed by atoms with van der Waals surface area (Å²) in [5, 5.41) is 4.65. The molecule has 0 fully saturated rings. The summed E-state index contributed by atoms with van der Waals surface area (Å²) in [6.07, 6.45) is 0. The molecular weight excluding hydrogens is 92.1 g/mol. The van der Waals surface area contributed by atoms with Gasteiger partial charge in [0.2, 0.25) is 0 Å². The van der Waals surface area contributed by atoms with Crippen molar-refractivity contribution in [2.75, 3.05) is 7.05 Å². The Morgan fingerprint density at radius 2 is 2.14 bits per heavy atom. The van der Waals surface area contributed by atoms with Crippen LogP contribution in [-0.2, 0) is 0 Å². The Hall–Kier alpha value is -0.770. The summed E-state index contributed by atoms with van der Waals surface area (Å²) in [6, 6.07) is 0. The van der Waals surface area contributed by atoms with Crippen LogP contribution >= 0.6 is 0 Å². The van der Waals surface area contributed by atoms with Crippen molar-refractivity contribution in [3.63, 3.8) is 0 Å². The first-order valence-corrected chi connectivity index (χ1v) is 1.91. The predicted molar refractivity (Wildman–Crippen MR) is 29.2 cm³/mol. The minimum Gasteiger partial charge on any atom is -0.322 e. The Balaban J connectivity index is 3.56. The first-order valence-electron chi connectivity index (χ1n) is 1.91. The van der Waals surface area contributed by atoms with Gasteiger partial charge < -0.3 is 10.9 Å². The van der Waals surface area contributed by atoms with Crippen LogP contribution in [0.1, 0.15) is 6.92 Å². The molecule has 0 radical (unpaired) electrons. The lowest BCUT2D eigenvalue weighted by molar-refractivity contribution is 0.533. The van der Waals surface area contributed by atoms with Gasteiger partial charge in [0.05, 0.1) is 0 Å². The molecule has 7 heavy (non-hydrogen) atoms. The second kappa shape index (κ2) is 2.41. The fourth-order valence-corrected chi connectivity index (χ4v) is 0.0911. The van der Waals surface area contributed by atoms with Gasteiger partial charge in [-0.1, -0.05) is 0 Å². The van der Waals surface area contributed by atoms with E-state index in [1.807, 2.05) is 0 Å². The Bertz CT molecular complexity index is 75.0. The molecule has 42 valence electrons. The molecule has 4 N–H and O–H groups in total. The molecule has 0 aliphatic heterocycles. The van der Waals surface area contributed by atoms with Crippen molar-refractivity contribution in [1.82, 2.24) is 5.01 Å². The lowest BCUT2D eigenvalue weighted by atomic mass is 10.7. The van der Waals surface area contributed by atoms with Crippen LogP contribution in [0.2, 0.25) is 0 Å². The maximum absolute atomic E-state index is 5.17. The van der Waals surface area contributed by atoms with Gasteiger partial charge >= 0.3 is 0 Å². The van der Waals surface area contributed by atoms with Crippen molar-refractivity contribution in [1.29, 1.82) is 0 Å². The third-order valence-corrected chi connectivity index (χ3v) is 0.697. The van der Waals surface area contributed by atoms with Crippen molar-refractivity contribution in [2.24, 2.45) is 16.8 Å². The highest BCUT2D eigenvalue weighted by Gasteiger charge is 1.87. The first-order chi connectivity index (χ1) is 3.18. The van der Waals surface area contributed by atoms with Gasteiger partial charge in [0.25, 0.3) is 0 Å². The van der Waals surface area contributed by atoms with Crippen LogP contribution in [0.15, 0.2) is 5.10 Å². The number of nitrogens with two attached hydrogens (primary N) is 2. The van der Waals surface area contributed by atoms with Gasteiger partial charge in [-0.2, -0.15) is 5.10 Å². The number of amidine groups is 1. The highest BCUT2D eigenvalue weighted by atomic mass is 15.4. The van der Waals surface area contributed by atoms with Gasteiger partial charge in [-0.15, -0.1) is 0 Å². The zero-order valence-electron chi connectivity index (χ0n) is 4.55. The maximum atomic E-state index is 5.17. The SMILES string of the molecule is C/C(=N/N)N(C)N. The van der Waals surface area contributed by atoms with E-state index in [2.05, 4.69) is 5.10 Å². The van der Waals surface area contributed by atoms with Crippen LogP contribution in [0.4, 0.5) is 0 Å². The molecule has 4 heteroatoms. The molecule has 0 unspecified atom stereocenters. The van der Waals surface area contributed by atoms with Crippen LogP contribution in [0, 0.1) is 0 Å². The smallest absolute Gasteiger partial charge is 0.135 e.